The van der Waals surface area contributed by atoms with E-state index >= 15 is 0 Å². The van der Waals surface area contributed by atoms with Gasteiger partial charge in [-0.05, 0) is 13.8 Å². The standard InChI is InChI=1S/C9H19F2N3O.HI/c1-3-12-9(13-4-2)14-5-6-15-7-8(10)11;/h8H,3-7H2,1-2H3,(H2,12,13,14);1H. The van der Waals surface area contributed by atoms with Crippen molar-refractivity contribution in [2.24, 2.45) is 4.99 Å². The first kappa shape index (κ1) is 18.2. The first-order valence-electron chi connectivity index (χ1n) is 5.08. The van der Waals surface area contributed by atoms with E-state index in [0.717, 1.165) is 13.1 Å². The molecule has 0 radical (unpaired) electrons. The van der Waals surface area contributed by atoms with E-state index in [1.165, 1.54) is 0 Å². The normalized spacial score (nSPS) is 9.56. The molecule has 0 aromatic rings. The van der Waals surface area contributed by atoms with E-state index in [0.29, 0.717) is 12.5 Å². The lowest BCUT2D eigenvalue weighted by Crippen LogP contribution is -2.37. The van der Waals surface area contributed by atoms with Gasteiger partial charge in [-0.3, -0.25) is 4.99 Å². The molecule has 4 nitrogen and oxygen atoms in total. The molecule has 0 aliphatic rings. The number of nitrogens with zero attached hydrogens (tertiary/aromatic N) is 1. The fourth-order valence-corrected chi connectivity index (χ4v) is 0.904. The molecule has 7 heteroatoms. The number of alkyl halides is 2. The Morgan fingerprint density at radius 2 is 1.81 bits per heavy atom. The zero-order chi connectivity index (χ0) is 11.5. The quantitative estimate of drug-likeness (QED) is 0.316. The maximum absolute atomic E-state index is 11.7. The number of hydrogen-bond donors (Lipinski definition) is 2. The summed E-state index contributed by atoms with van der Waals surface area (Å²) in [4.78, 5) is 4.12. The van der Waals surface area contributed by atoms with Crippen LogP contribution >= 0.6 is 24.0 Å². The SMILES string of the molecule is CCNC(=NCCOCC(F)F)NCC.I. The van der Waals surface area contributed by atoms with E-state index in [4.69, 9.17) is 0 Å². The molecule has 0 saturated heterocycles. The number of halogens is 3. The summed E-state index contributed by atoms with van der Waals surface area (Å²) in [5.74, 6) is 0.681. The summed E-state index contributed by atoms with van der Waals surface area (Å²) >= 11 is 0. The van der Waals surface area contributed by atoms with E-state index in [9.17, 15) is 8.78 Å². The van der Waals surface area contributed by atoms with Gasteiger partial charge in [0.05, 0.1) is 13.2 Å². The molecule has 0 fully saturated rings. The molecule has 0 bridgehead atoms. The fraction of sp³-hybridized carbons (Fsp3) is 0.889. The monoisotopic (exact) mass is 351 g/mol. The molecule has 0 aromatic carbocycles. The first-order valence-corrected chi connectivity index (χ1v) is 5.08. The van der Waals surface area contributed by atoms with Crippen LogP contribution in [-0.4, -0.2) is 45.2 Å². The third-order valence-electron chi connectivity index (χ3n) is 1.44. The summed E-state index contributed by atoms with van der Waals surface area (Å²) < 4.78 is 28.0. The highest BCUT2D eigenvalue weighted by molar-refractivity contribution is 14.0. The maximum atomic E-state index is 11.7. The van der Waals surface area contributed by atoms with Gasteiger partial charge in [0, 0.05) is 13.1 Å². The smallest absolute Gasteiger partial charge is 0.261 e. The molecule has 0 spiro atoms. The average Bonchev–Trinajstić information content (AvgIpc) is 2.17. The highest BCUT2D eigenvalue weighted by Gasteiger charge is 2.00. The van der Waals surface area contributed by atoms with Crippen LogP contribution in [0, 0.1) is 0 Å². The second kappa shape index (κ2) is 12.9. The zero-order valence-electron chi connectivity index (χ0n) is 9.63. The molecule has 0 aliphatic carbocycles. The molecule has 0 aromatic heterocycles. The van der Waals surface area contributed by atoms with Crippen LogP contribution in [0.4, 0.5) is 8.78 Å². The third-order valence-corrected chi connectivity index (χ3v) is 1.44. The van der Waals surface area contributed by atoms with E-state index in [1.54, 1.807) is 0 Å². The number of guanidine groups is 1. The van der Waals surface area contributed by atoms with E-state index < -0.39 is 13.0 Å². The minimum Gasteiger partial charge on any atom is -0.374 e. The molecule has 0 aliphatic heterocycles. The molecule has 0 saturated carbocycles. The van der Waals surface area contributed by atoms with Gasteiger partial charge in [-0.25, -0.2) is 8.78 Å². The minimum absolute atomic E-state index is 0. The van der Waals surface area contributed by atoms with Gasteiger partial charge in [0.25, 0.3) is 6.43 Å². The van der Waals surface area contributed by atoms with Crippen molar-refractivity contribution in [3.05, 3.63) is 0 Å². The summed E-state index contributed by atoms with van der Waals surface area (Å²) in [6.45, 7) is 5.52. The lowest BCUT2D eigenvalue weighted by Gasteiger charge is -2.08. The minimum atomic E-state index is -2.41. The first-order chi connectivity index (χ1) is 7.20. The van der Waals surface area contributed by atoms with Crippen LogP contribution in [-0.2, 0) is 4.74 Å². The van der Waals surface area contributed by atoms with Crippen LogP contribution < -0.4 is 10.6 Å². The molecule has 0 amide bonds. The van der Waals surface area contributed by atoms with Gasteiger partial charge >= 0.3 is 0 Å². The van der Waals surface area contributed by atoms with Gasteiger partial charge in [0.15, 0.2) is 5.96 Å². The van der Waals surface area contributed by atoms with Crippen molar-refractivity contribution in [3.63, 3.8) is 0 Å². The average molecular weight is 351 g/mol. The topological polar surface area (TPSA) is 45.7 Å². The van der Waals surface area contributed by atoms with Crippen LogP contribution in [0.5, 0.6) is 0 Å². The molecular weight excluding hydrogens is 331 g/mol. The maximum Gasteiger partial charge on any atom is 0.261 e. The largest absolute Gasteiger partial charge is 0.374 e. The second-order valence-corrected chi connectivity index (χ2v) is 2.76. The van der Waals surface area contributed by atoms with E-state index in [2.05, 4.69) is 20.4 Å². The van der Waals surface area contributed by atoms with Gasteiger partial charge in [0.2, 0.25) is 0 Å². The second-order valence-electron chi connectivity index (χ2n) is 2.76. The Bertz CT molecular complexity index is 174. The molecule has 0 unspecified atom stereocenters. The molecule has 2 N–H and O–H groups in total. The van der Waals surface area contributed by atoms with Crippen molar-refractivity contribution in [2.45, 2.75) is 20.3 Å². The van der Waals surface area contributed by atoms with Gasteiger partial charge < -0.3 is 15.4 Å². The van der Waals surface area contributed by atoms with Crippen LogP contribution in [0.3, 0.4) is 0 Å². The number of hydrogen-bond acceptors (Lipinski definition) is 2. The molecule has 16 heavy (non-hydrogen) atoms. The lowest BCUT2D eigenvalue weighted by molar-refractivity contribution is 0.0207. The van der Waals surface area contributed by atoms with Crippen molar-refractivity contribution in [1.82, 2.24) is 10.6 Å². The Hall–Kier alpha value is -0.180. The Morgan fingerprint density at radius 1 is 1.25 bits per heavy atom. The van der Waals surface area contributed by atoms with Crippen LogP contribution in [0.2, 0.25) is 0 Å². The number of aliphatic imine (C=N–C) groups is 1. The van der Waals surface area contributed by atoms with Crippen LogP contribution in [0.15, 0.2) is 4.99 Å². The molecule has 0 atom stereocenters. The van der Waals surface area contributed by atoms with Crippen molar-refractivity contribution in [3.8, 4) is 0 Å². The van der Waals surface area contributed by atoms with Crippen molar-refractivity contribution < 1.29 is 13.5 Å². The lowest BCUT2D eigenvalue weighted by atomic mass is 10.6. The Morgan fingerprint density at radius 3 is 2.25 bits per heavy atom. The summed E-state index contributed by atoms with van der Waals surface area (Å²) in [5, 5.41) is 6.04. The fourth-order valence-electron chi connectivity index (χ4n) is 0.904. The van der Waals surface area contributed by atoms with Gasteiger partial charge in [-0.1, -0.05) is 0 Å². The van der Waals surface area contributed by atoms with Crippen molar-refractivity contribution in [2.75, 3.05) is 32.8 Å². The Balaban J connectivity index is 0. The van der Waals surface area contributed by atoms with Gasteiger partial charge in [-0.15, -0.1) is 24.0 Å². The predicted molar refractivity (Wildman–Crippen MR) is 71.9 cm³/mol. The van der Waals surface area contributed by atoms with Gasteiger partial charge in [-0.2, -0.15) is 0 Å². The summed E-state index contributed by atoms with van der Waals surface area (Å²) in [7, 11) is 0. The summed E-state index contributed by atoms with van der Waals surface area (Å²) in [6, 6.07) is 0. The summed E-state index contributed by atoms with van der Waals surface area (Å²) in [5.41, 5.74) is 0. The van der Waals surface area contributed by atoms with Crippen molar-refractivity contribution in [1.29, 1.82) is 0 Å². The number of rotatable bonds is 7. The molecule has 0 rings (SSSR count). The predicted octanol–water partition coefficient (Wildman–Crippen LogP) is 1.46. The zero-order valence-corrected chi connectivity index (χ0v) is 12.0. The third kappa shape index (κ3) is 11.9. The summed E-state index contributed by atoms with van der Waals surface area (Å²) in [6.07, 6.45) is -2.41. The Labute approximate surface area is 112 Å². The van der Waals surface area contributed by atoms with Gasteiger partial charge in [0.1, 0.15) is 6.61 Å². The highest BCUT2D eigenvalue weighted by Crippen LogP contribution is 1.91. The number of ether oxygens (including phenoxy) is 1. The molecular formula is C9H20F2IN3O. The van der Waals surface area contributed by atoms with Crippen LogP contribution in [0.25, 0.3) is 0 Å². The van der Waals surface area contributed by atoms with Crippen LogP contribution in [0.1, 0.15) is 13.8 Å². The van der Waals surface area contributed by atoms with E-state index in [1.807, 2.05) is 13.8 Å². The Kier molecular flexibility index (Phi) is 14.7. The van der Waals surface area contributed by atoms with Crippen molar-refractivity contribution >= 4 is 29.9 Å². The highest BCUT2D eigenvalue weighted by atomic mass is 127. The number of nitrogens with one attached hydrogen (secondary N) is 2. The molecule has 98 valence electrons. The molecule has 0 heterocycles. The van der Waals surface area contributed by atoms with E-state index in [-0.39, 0.29) is 30.6 Å².